The van der Waals surface area contributed by atoms with Crippen molar-refractivity contribution in [2.75, 3.05) is 0 Å². The third kappa shape index (κ3) is 10.6. The second-order valence-corrected chi connectivity index (χ2v) is 18.1. The van der Waals surface area contributed by atoms with Gasteiger partial charge in [0.1, 0.15) is 0 Å². The number of aliphatic hydroxyl groups excluding tert-OH is 2. The Bertz CT molecular complexity index is 162. The van der Waals surface area contributed by atoms with Crippen LogP contribution in [0.3, 0.4) is 0 Å². The van der Waals surface area contributed by atoms with Gasteiger partial charge in [-0.25, -0.2) is 0 Å². The van der Waals surface area contributed by atoms with Crippen LogP contribution >= 0.6 is 0 Å². The highest BCUT2D eigenvalue weighted by Gasteiger charge is 2.24. The molecule has 2 nitrogen and oxygen atoms in total. The van der Waals surface area contributed by atoms with Crippen molar-refractivity contribution >= 4 is 16.1 Å². The zero-order valence-corrected chi connectivity index (χ0v) is 13.2. The van der Waals surface area contributed by atoms with Gasteiger partial charge in [-0.1, -0.05) is 39.3 Å². The smallest absolute Gasteiger partial charge is 0.0541 e. The monoisotopic (exact) mass is 248 g/mol. The third-order valence-electron chi connectivity index (χ3n) is 2.24. The second kappa shape index (κ2) is 5.61. The van der Waals surface area contributed by atoms with Crippen molar-refractivity contribution in [1.82, 2.24) is 0 Å². The number of hydrogen-bond donors (Lipinski definition) is 2. The lowest BCUT2D eigenvalue weighted by Crippen LogP contribution is -2.32. The summed E-state index contributed by atoms with van der Waals surface area (Å²) >= 11 is 0. The molecule has 0 rings (SSSR count). The molecule has 15 heavy (non-hydrogen) atoms. The van der Waals surface area contributed by atoms with E-state index in [-0.39, 0.29) is 12.2 Å². The van der Waals surface area contributed by atoms with E-state index in [1.807, 2.05) is 0 Å². The van der Waals surface area contributed by atoms with Crippen molar-refractivity contribution in [3.63, 3.8) is 0 Å². The summed E-state index contributed by atoms with van der Waals surface area (Å²) in [6.07, 6.45) is -0.0415. The molecule has 0 bridgehead atoms. The van der Waals surface area contributed by atoms with Crippen LogP contribution < -0.4 is 0 Å². The highest BCUT2D eigenvalue weighted by atomic mass is 28.3. The van der Waals surface area contributed by atoms with Crippen molar-refractivity contribution in [2.45, 2.75) is 70.0 Å². The van der Waals surface area contributed by atoms with E-state index in [2.05, 4.69) is 39.3 Å². The average Bonchev–Trinajstić information content (AvgIpc) is 1.73. The summed E-state index contributed by atoms with van der Waals surface area (Å²) in [6.45, 7) is 13.5. The molecular formula is C11H28O2Si2. The standard InChI is InChI=1S/C11H28O2Si2/c1-14(2,3)8-10(12)7-11(13)9-15(4,5)6/h10-13H,7-9H2,1-6H3/t10-,11-/m0/s1. The predicted octanol–water partition coefficient (Wildman–Crippen LogP) is 2.77. The van der Waals surface area contributed by atoms with Crippen LogP contribution in [0, 0.1) is 0 Å². The van der Waals surface area contributed by atoms with Crippen LogP contribution in [0.2, 0.25) is 51.4 Å². The largest absolute Gasteiger partial charge is 0.393 e. The molecule has 92 valence electrons. The molecule has 0 heterocycles. The van der Waals surface area contributed by atoms with E-state index >= 15 is 0 Å². The van der Waals surface area contributed by atoms with Crippen molar-refractivity contribution in [3.8, 4) is 0 Å². The van der Waals surface area contributed by atoms with E-state index in [0.717, 1.165) is 12.1 Å². The second-order valence-electron chi connectivity index (χ2n) is 7.07. The molecule has 0 fully saturated rings. The molecule has 0 unspecified atom stereocenters. The van der Waals surface area contributed by atoms with E-state index < -0.39 is 16.1 Å². The summed E-state index contributed by atoms with van der Waals surface area (Å²) in [5.41, 5.74) is 0. The SMILES string of the molecule is C[Si](C)(C)C[C@@H](O)C[C@H](O)C[Si](C)(C)C. The van der Waals surface area contributed by atoms with Gasteiger partial charge in [0.25, 0.3) is 0 Å². The minimum atomic E-state index is -1.20. The van der Waals surface area contributed by atoms with Crippen LogP contribution in [0.4, 0.5) is 0 Å². The number of aliphatic hydroxyl groups is 2. The van der Waals surface area contributed by atoms with Crippen molar-refractivity contribution in [2.24, 2.45) is 0 Å². The predicted molar refractivity (Wildman–Crippen MR) is 72.9 cm³/mol. The van der Waals surface area contributed by atoms with Crippen LogP contribution in [0.25, 0.3) is 0 Å². The fraction of sp³-hybridized carbons (Fsp3) is 1.00. The zero-order chi connectivity index (χ0) is 12.3. The summed E-state index contributed by atoms with van der Waals surface area (Å²) in [4.78, 5) is 0. The normalized spacial score (nSPS) is 17.6. The first-order valence-corrected chi connectivity index (χ1v) is 13.3. The van der Waals surface area contributed by atoms with Crippen LogP contribution in [-0.2, 0) is 0 Å². The Morgan fingerprint density at radius 1 is 0.733 bits per heavy atom. The number of rotatable bonds is 6. The van der Waals surface area contributed by atoms with Crippen molar-refractivity contribution in [3.05, 3.63) is 0 Å². The van der Waals surface area contributed by atoms with Gasteiger partial charge in [-0.2, -0.15) is 0 Å². The first kappa shape index (κ1) is 15.4. The lowest BCUT2D eigenvalue weighted by molar-refractivity contribution is 0.100. The summed E-state index contributed by atoms with van der Waals surface area (Å²) in [5.74, 6) is 0. The molecule has 2 N–H and O–H groups in total. The molecule has 0 saturated carbocycles. The number of hydrogen-bond acceptors (Lipinski definition) is 2. The summed E-state index contributed by atoms with van der Waals surface area (Å²) in [5, 5.41) is 19.7. The van der Waals surface area contributed by atoms with E-state index in [9.17, 15) is 10.2 Å². The third-order valence-corrected chi connectivity index (χ3v) is 5.63. The lowest BCUT2D eigenvalue weighted by Gasteiger charge is -2.25. The van der Waals surface area contributed by atoms with E-state index in [1.54, 1.807) is 0 Å². The molecular weight excluding hydrogens is 220 g/mol. The van der Waals surface area contributed by atoms with Gasteiger partial charge in [-0.05, 0) is 18.5 Å². The highest BCUT2D eigenvalue weighted by molar-refractivity contribution is 6.76. The Morgan fingerprint density at radius 3 is 1.20 bits per heavy atom. The Labute approximate surface area is 96.7 Å². The zero-order valence-electron chi connectivity index (χ0n) is 11.2. The Kier molecular flexibility index (Phi) is 5.75. The van der Waals surface area contributed by atoms with Gasteiger partial charge in [0.05, 0.1) is 12.2 Å². The molecule has 0 aromatic heterocycles. The minimum absolute atomic E-state index is 0.303. The molecule has 0 aliphatic carbocycles. The quantitative estimate of drug-likeness (QED) is 0.710. The van der Waals surface area contributed by atoms with Gasteiger partial charge >= 0.3 is 0 Å². The molecule has 0 amide bonds. The first-order chi connectivity index (χ1) is 6.49. The molecule has 4 heteroatoms. The first-order valence-electron chi connectivity index (χ1n) is 5.86. The fourth-order valence-corrected chi connectivity index (χ4v) is 5.06. The van der Waals surface area contributed by atoms with Crippen LogP contribution in [0.15, 0.2) is 0 Å². The average molecular weight is 249 g/mol. The maximum absolute atomic E-state index is 9.84. The summed E-state index contributed by atoms with van der Waals surface area (Å²) in [7, 11) is -2.39. The fourth-order valence-electron chi connectivity index (χ4n) is 1.89. The Hall–Kier alpha value is 0.354. The molecule has 0 aliphatic heterocycles. The molecule has 0 aromatic rings. The molecule has 0 radical (unpaired) electrons. The molecule has 0 aromatic carbocycles. The maximum Gasteiger partial charge on any atom is 0.0541 e. The molecule has 0 saturated heterocycles. The molecule has 0 aliphatic rings. The Morgan fingerprint density at radius 2 is 1.00 bits per heavy atom. The van der Waals surface area contributed by atoms with Crippen LogP contribution in [0.5, 0.6) is 0 Å². The van der Waals surface area contributed by atoms with Gasteiger partial charge in [0.2, 0.25) is 0 Å². The van der Waals surface area contributed by atoms with Crippen molar-refractivity contribution in [1.29, 1.82) is 0 Å². The molecule has 2 atom stereocenters. The lowest BCUT2D eigenvalue weighted by atomic mass is 10.2. The minimum Gasteiger partial charge on any atom is -0.393 e. The highest BCUT2D eigenvalue weighted by Crippen LogP contribution is 2.19. The topological polar surface area (TPSA) is 40.5 Å². The van der Waals surface area contributed by atoms with Gasteiger partial charge in [0, 0.05) is 16.1 Å². The maximum atomic E-state index is 9.84. The van der Waals surface area contributed by atoms with Gasteiger partial charge in [-0.15, -0.1) is 0 Å². The van der Waals surface area contributed by atoms with Gasteiger partial charge < -0.3 is 10.2 Å². The van der Waals surface area contributed by atoms with E-state index in [1.165, 1.54) is 0 Å². The van der Waals surface area contributed by atoms with Crippen LogP contribution in [-0.4, -0.2) is 38.6 Å². The molecule has 0 spiro atoms. The van der Waals surface area contributed by atoms with E-state index in [0.29, 0.717) is 6.42 Å². The summed E-state index contributed by atoms with van der Waals surface area (Å²) < 4.78 is 0. The van der Waals surface area contributed by atoms with E-state index in [4.69, 9.17) is 0 Å². The summed E-state index contributed by atoms with van der Waals surface area (Å²) in [6, 6.07) is 1.80. The van der Waals surface area contributed by atoms with Crippen LogP contribution in [0.1, 0.15) is 6.42 Å². The van der Waals surface area contributed by atoms with Gasteiger partial charge in [-0.3, -0.25) is 0 Å². The van der Waals surface area contributed by atoms with Gasteiger partial charge in [0.15, 0.2) is 0 Å². The Balaban J connectivity index is 3.92. The van der Waals surface area contributed by atoms with Crippen molar-refractivity contribution < 1.29 is 10.2 Å².